The van der Waals surface area contributed by atoms with Gasteiger partial charge in [0.25, 0.3) is 0 Å². The van der Waals surface area contributed by atoms with E-state index >= 15 is 0 Å². The molecule has 1 fully saturated rings. The van der Waals surface area contributed by atoms with E-state index in [1.807, 2.05) is 30.3 Å². The van der Waals surface area contributed by atoms with Crippen LogP contribution in [0.15, 0.2) is 30.3 Å². The predicted molar refractivity (Wildman–Crippen MR) is 104 cm³/mol. The molecule has 1 heterocycles. The highest BCUT2D eigenvalue weighted by molar-refractivity contribution is 6.74. The van der Waals surface area contributed by atoms with Gasteiger partial charge in [-0.25, -0.2) is 0 Å². The number of carbonyl (C=O) groups excluding carboxylic acids is 2. The number of hydrogen-bond acceptors (Lipinski definition) is 4. The molecule has 0 bridgehead atoms. The smallest absolute Gasteiger partial charge is 0.325 e. The molecule has 1 amide bonds. The second-order valence-corrected chi connectivity index (χ2v) is 13.1. The minimum Gasteiger partial charge on any atom is -0.465 e. The molecular formula is C20H31NO4Si. The molecule has 1 aromatic carbocycles. The number of likely N-dealkylation sites (tertiary alicyclic amines) is 1. The third-order valence-corrected chi connectivity index (χ3v) is 10.0. The standard InChI is InChI=1S/C20H31NO4Si/c1-7-24-17(22)13-21-16(14-25-26(5,6)20(2,3)4)18(19(21)23)15-11-9-8-10-12-15/h8-12,16,18H,7,13-14H2,1-6H3/t16-,18-/m0/s1. The summed E-state index contributed by atoms with van der Waals surface area (Å²) in [7, 11) is -1.94. The highest BCUT2D eigenvalue weighted by Crippen LogP contribution is 2.40. The number of hydrogen-bond donors (Lipinski definition) is 0. The molecule has 2 rings (SSSR count). The summed E-state index contributed by atoms with van der Waals surface area (Å²) in [5, 5.41) is 0.0922. The van der Waals surface area contributed by atoms with Gasteiger partial charge in [0.1, 0.15) is 6.54 Å². The van der Waals surface area contributed by atoms with Crippen LogP contribution in [0.5, 0.6) is 0 Å². The molecule has 0 spiro atoms. The Bertz CT molecular complexity index is 639. The van der Waals surface area contributed by atoms with Crippen LogP contribution in [0.3, 0.4) is 0 Å². The fourth-order valence-corrected chi connectivity index (χ4v) is 3.89. The number of amides is 1. The van der Waals surface area contributed by atoms with Gasteiger partial charge in [-0.3, -0.25) is 9.59 Å². The Morgan fingerprint density at radius 3 is 2.35 bits per heavy atom. The van der Waals surface area contributed by atoms with Gasteiger partial charge in [0, 0.05) is 0 Å². The van der Waals surface area contributed by atoms with Gasteiger partial charge in [0.05, 0.1) is 25.2 Å². The second kappa shape index (κ2) is 7.92. The Hall–Kier alpha value is -1.66. The number of nitrogens with zero attached hydrogens (tertiary/aromatic N) is 1. The lowest BCUT2D eigenvalue weighted by Gasteiger charge is -2.48. The van der Waals surface area contributed by atoms with Crippen LogP contribution in [-0.2, 0) is 18.8 Å². The first-order chi connectivity index (χ1) is 12.1. The summed E-state index contributed by atoms with van der Waals surface area (Å²) >= 11 is 0. The van der Waals surface area contributed by atoms with Gasteiger partial charge in [-0.15, -0.1) is 0 Å². The maximum atomic E-state index is 12.7. The molecule has 0 saturated carbocycles. The van der Waals surface area contributed by atoms with Crippen molar-refractivity contribution in [1.82, 2.24) is 4.90 Å². The average Bonchev–Trinajstić information content (AvgIpc) is 2.56. The number of carbonyl (C=O) groups is 2. The van der Waals surface area contributed by atoms with Crippen LogP contribution >= 0.6 is 0 Å². The van der Waals surface area contributed by atoms with Crippen molar-refractivity contribution in [1.29, 1.82) is 0 Å². The summed E-state index contributed by atoms with van der Waals surface area (Å²) in [6.45, 7) is 13.5. The van der Waals surface area contributed by atoms with Gasteiger partial charge in [-0.05, 0) is 30.6 Å². The van der Waals surface area contributed by atoms with Crippen molar-refractivity contribution in [3.63, 3.8) is 0 Å². The first-order valence-corrected chi connectivity index (χ1v) is 12.1. The normalized spacial score (nSPS) is 20.7. The van der Waals surface area contributed by atoms with E-state index in [-0.39, 0.29) is 35.4 Å². The third kappa shape index (κ3) is 4.35. The molecule has 0 aromatic heterocycles. The fourth-order valence-electron chi connectivity index (χ4n) is 2.87. The molecule has 2 atom stereocenters. The Morgan fingerprint density at radius 1 is 1.19 bits per heavy atom. The van der Waals surface area contributed by atoms with Gasteiger partial charge in [0.2, 0.25) is 5.91 Å². The quantitative estimate of drug-likeness (QED) is 0.414. The lowest BCUT2D eigenvalue weighted by atomic mass is 9.82. The summed E-state index contributed by atoms with van der Waals surface area (Å²) in [6, 6.07) is 9.59. The van der Waals surface area contributed by atoms with Gasteiger partial charge < -0.3 is 14.1 Å². The Labute approximate surface area is 157 Å². The van der Waals surface area contributed by atoms with Crippen molar-refractivity contribution in [2.24, 2.45) is 0 Å². The molecule has 0 unspecified atom stereocenters. The molecule has 6 heteroatoms. The van der Waals surface area contributed by atoms with Crippen LogP contribution < -0.4 is 0 Å². The van der Waals surface area contributed by atoms with Gasteiger partial charge >= 0.3 is 5.97 Å². The van der Waals surface area contributed by atoms with Gasteiger partial charge in [-0.2, -0.15) is 0 Å². The van der Waals surface area contributed by atoms with E-state index in [0.717, 1.165) is 5.56 Å². The minimum absolute atomic E-state index is 0.0124. The van der Waals surface area contributed by atoms with Crippen molar-refractivity contribution in [2.45, 2.75) is 57.8 Å². The first kappa shape index (κ1) is 20.6. The van der Waals surface area contributed by atoms with Crippen LogP contribution in [0, 0.1) is 0 Å². The van der Waals surface area contributed by atoms with Crippen molar-refractivity contribution < 1.29 is 18.8 Å². The molecular weight excluding hydrogens is 346 g/mol. The molecule has 5 nitrogen and oxygen atoms in total. The van der Waals surface area contributed by atoms with Crippen LogP contribution in [0.1, 0.15) is 39.2 Å². The van der Waals surface area contributed by atoms with Crippen LogP contribution in [-0.4, -0.2) is 50.9 Å². The molecule has 144 valence electrons. The summed E-state index contributed by atoms with van der Waals surface area (Å²) in [4.78, 5) is 26.2. The third-order valence-electron chi connectivity index (χ3n) is 5.52. The van der Waals surface area contributed by atoms with Crippen LogP contribution in [0.25, 0.3) is 0 Å². The first-order valence-electron chi connectivity index (χ1n) is 9.23. The number of esters is 1. The largest absolute Gasteiger partial charge is 0.465 e. The van der Waals surface area contributed by atoms with Crippen LogP contribution in [0.4, 0.5) is 0 Å². The molecule has 0 aliphatic carbocycles. The SMILES string of the molecule is CCOC(=O)CN1C(=O)[C@@H](c2ccccc2)[C@@H]1CO[Si](C)(C)C(C)(C)C. The average molecular weight is 378 g/mol. The monoisotopic (exact) mass is 377 g/mol. The fraction of sp³-hybridized carbons (Fsp3) is 0.600. The molecule has 0 N–H and O–H groups in total. The highest BCUT2D eigenvalue weighted by atomic mass is 28.4. The van der Waals surface area contributed by atoms with Crippen molar-refractivity contribution in [3.05, 3.63) is 35.9 Å². The number of benzene rings is 1. The van der Waals surface area contributed by atoms with E-state index in [1.54, 1.807) is 11.8 Å². The lowest BCUT2D eigenvalue weighted by molar-refractivity contribution is -0.161. The highest BCUT2D eigenvalue weighted by Gasteiger charge is 2.50. The van der Waals surface area contributed by atoms with Crippen molar-refractivity contribution >= 4 is 20.2 Å². The number of β-lactam (4-membered cyclic amide) rings is 1. The molecule has 26 heavy (non-hydrogen) atoms. The Balaban J connectivity index is 2.16. The van der Waals surface area contributed by atoms with Gasteiger partial charge in [0.15, 0.2) is 8.32 Å². The zero-order chi connectivity index (χ0) is 19.5. The number of ether oxygens (including phenoxy) is 1. The zero-order valence-electron chi connectivity index (χ0n) is 16.7. The number of rotatable bonds is 7. The molecule has 0 radical (unpaired) electrons. The van der Waals surface area contributed by atoms with Crippen molar-refractivity contribution in [3.8, 4) is 0 Å². The maximum Gasteiger partial charge on any atom is 0.325 e. The summed E-state index contributed by atoms with van der Waals surface area (Å²) in [5.41, 5.74) is 0.974. The summed E-state index contributed by atoms with van der Waals surface area (Å²) in [6.07, 6.45) is 0. The summed E-state index contributed by atoms with van der Waals surface area (Å²) in [5.74, 6) is -0.659. The topological polar surface area (TPSA) is 55.8 Å². The van der Waals surface area contributed by atoms with E-state index in [0.29, 0.717) is 13.2 Å². The van der Waals surface area contributed by atoms with E-state index in [9.17, 15) is 9.59 Å². The van der Waals surface area contributed by atoms with Crippen molar-refractivity contribution in [2.75, 3.05) is 19.8 Å². The molecule has 1 aliphatic heterocycles. The van der Waals surface area contributed by atoms with Crippen LogP contribution in [0.2, 0.25) is 18.1 Å². The second-order valence-electron chi connectivity index (χ2n) is 8.30. The molecule has 1 saturated heterocycles. The van der Waals surface area contributed by atoms with Gasteiger partial charge in [-0.1, -0.05) is 51.1 Å². The van der Waals surface area contributed by atoms with E-state index in [4.69, 9.17) is 9.16 Å². The Morgan fingerprint density at radius 2 is 1.81 bits per heavy atom. The minimum atomic E-state index is -1.94. The van der Waals surface area contributed by atoms with E-state index < -0.39 is 8.32 Å². The van der Waals surface area contributed by atoms with E-state index in [2.05, 4.69) is 33.9 Å². The Kier molecular flexibility index (Phi) is 6.29. The predicted octanol–water partition coefficient (Wildman–Crippen LogP) is 3.57. The maximum absolute atomic E-state index is 12.7. The zero-order valence-corrected chi connectivity index (χ0v) is 17.7. The molecule has 1 aliphatic rings. The lowest BCUT2D eigenvalue weighted by Crippen LogP contribution is -2.63. The molecule has 1 aromatic rings. The van der Waals surface area contributed by atoms with E-state index in [1.165, 1.54) is 0 Å². The summed E-state index contributed by atoms with van der Waals surface area (Å²) < 4.78 is 11.4.